The fraction of sp³-hybridized carbons (Fsp3) is 0.857. The van der Waals surface area contributed by atoms with Crippen LogP contribution in [0.2, 0.25) is 0 Å². The first kappa shape index (κ1) is 15.0. The molecule has 1 saturated heterocycles. The average molecular weight is 315 g/mol. The van der Waals surface area contributed by atoms with Crippen LogP contribution in [0.15, 0.2) is 0 Å². The summed E-state index contributed by atoms with van der Waals surface area (Å²) in [6, 6.07) is 0. The number of amides is 2. The Kier molecular flexibility index (Phi) is 3.05. The third kappa shape index (κ3) is 1.90. The van der Waals surface area contributed by atoms with Gasteiger partial charge in [-0.2, -0.15) is 8.42 Å². The van der Waals surface area contributed by atoms with Crippen LogP contribution in [0.5, 0.6) is 0 Å². The van der Waals surface area contributed by atoms with Gasteiger partial charge in [0.2, 0.25) is 0 Å². The summed E-state index contributed by atoms with van der Waals surface area (Å²) in [5, 5.41) is -0.211. The van der Waals surface area contributed by atoms with Crippen LogP contribution < -0.4 is 0 Å². The van der Waals surface area contributed by atoms with E-state index in [0.29, 0.717) is 17.4 Å². The molecule has 0 aromatic rings. The first-order chi connectivity index (χ1) is 9.59. The molecule has 3 fully saturated rings. The lowest BCUT2D eigenvalue weighted by molar-refractivity contribution is -0.164. The Bertz CT molecular complexity index is 595. The van der Waals surface area contributed by atoms with E-state index in [1.165, 1.54) is 0 Å². The predicted octanol–water partition coefficient (Wildman–Crippen LogP) is 1.61. The fourth-order valence-electron chi connectivity index (χ4n) is 4.36. The second kappa shape index (κ2) is 4.29. The van der Waals surface area contributed by atoms with Crippen molar-refractivity contribution in [3.63, 3.8) is 0 Å². The van der Waals surface area contributed by atoms with Gasteiger partial charge in [0.15, 0.2) is 0 Å². The zero-order valence-electron chi connectivity index (χ0n) is 12.6. The lowest BCUT2D eigenvalue weighted by atomic mass is 9.71. The minimum atomic E-state index is -3.99. The molecule has 2 amide bonds. The van der Waals surface area contributed by atoms with Gasteiger partial charge in [0, 0.05) is 12.8 Å². The van der Waals surface area contributed by atoms with Crippen molar-refractivity contribution >= 4 is 21.9 Å². The Hall–Kier alpha value is -0.950. The summed E-state index contributed by atoms with van der Waals surface area (Å²) in [5.41, 5.74) is -0.449. The van der Waals surface area contributed by atoms with Crippen LogP contribution in [-0.4, -0.2) is 30.5 Å². The summed E-state index contributed by atoms with van der Waals surface area (Å²) in [6.07, 6.45) is 2.44. The third-order valence-electron chi connectivity index (χ3n) is 6.25. The van der Waals surface area contributed by atoms with Gasteiger partial charge >= 0.3 is 0 Å². The highest BCUT2D eigenvalue weighted by molar-refractivity contribution is 7.87. The van der Waals surface area contributed by atoms with E-state index in [0.717, 1.165) is 12.8 Å². The smallest absolute Gasteiger partial charge is 0.272 e. The molecule has 0 aromatic heterocycles. The summed E-state index contributed by atoms with van der Waals surface area (Å²) in [7, 11) is -3.99. The van der Waals surface area contributed by atoms with E-state index in [-0.39, 0.29) is 23.7 Å². The number of carbonyl (C=O) groups excluding carboxylic acids is 2. The molecule has 3 atom stereocenters. The molecule has 3 aliphatic rings. The van der Waals surface area contributed by atoms with E-state index in [2.05, 4.69) is 13.8 Å². The normalized spacial score (nSPS) is 38.5. The lowest BCUT2D eigenvalue weighted by Gasteiger charge is -2.38. The van der Waals surface area contributed by atoms with Gasteiger partial charge in [-0.1, -0.05) is 20.8 Å². The zero-order chi connectivity index (χ0) is 15.6. The maximum atomic E-state index is 12.6. The minimum Gasteiger partial charge on any atom is -0.272 e. The maximum Gasteiger partial charge on any atom is 0.292 e. The standard InChI is InChI=1S/C14H21NO5S/c1-13(2)9-6-7-14(13,3)10(8-9)21(18,19)20-15-11(16)4-5-12(15)17/h9-10H,4-8H2,1-3H3. The molecule has 0 radical (unpaired) electrons. The van der Waals surface area contributed by atoms with Crippen molar-refractivity contribution in [3.8, 4) is 0 Å². The van der Waals surface area contributed by atoms with Crippen LogP contribution in [0.25, 0.3) is 0 Å². The quantitative estimate of drug-likeness (QED) is 0.739. The molecule has 0 aromatic carbocycles. The topological polar surface area (TPSA) is 80.8 Å². The van der Waals surface area contributed by atoms with E-state index in [1.807, 2.05) is 6.92 Å². The molecule has 1 heterocycles. The SMILES string of the molecule is CC1(C)C2CCC1(C)C(S(=O)(=O)ON1C(=O)CCC1=O)C2. The van der Waals surface area contributed by atoms with Gasteiger partial charge in [-0.15, -0.1) is 9.35 Å². The van der Waals surface area contributed by atoms with Gasteiger partial charge < -0.3 is 0 Å². The number of fused-ring (bicyclic) bond motifs is 2. The molecule has 3 unspecified atom stereocenters. The van der Waals surface area contributed by atoms with Crippen molar-refractivity contribution in [3.05, 3.63) is 0 Å². The predicted molar refractivity (Wildman–Crippen MR) is 74.1 cm³/mol. The van der Waals surface area contributed by atoms with Crippen LogP contribution in [-0.2, 0) is 24.0 Å². The number of nitrogens with zero attached hydrogens (tertiary/aromatic N) is 1. The van der Waals surface area contributed by atoms with Crippen LogP contribution >= 0.6 is 0 Å². The van der Waals surface area contributed by atoms with Crippen molar-refractivity contribution in [2.45, 2.75) is 58.1 Å². The van der Waals surface area contributed by atoms with E-state index >= 15 is 0 Å². The molecule has 7 heteroatoms. The molecule has 21 heavy (non-hydrogen) atoms. The maximum absolute atomic E-state index is 12.6. The van der Waals surface area contributed by atoms with Gasteiger partial charge in [-0.3, -0.25) is 9.59 Å². The summed E-state index contributed by atoms with van der Waals surface area (Å²) < 4.78 is 30.1. The number of carbonyl (C=O) groups is 2. The molecule has 1 aliphatic heterocycles. The largest absolute Gasteiger partial charge is 0.292 e. The van der Waals surface area contributed by atoms with Crippen molar-refractivity contribution in [1.82, 2.24) is 5.06 Å². The molecule has 0 spiro atoms. The number of imide groups is 1. The van der Waals surface area contributed by atoms with Crippen LogP contribution in [0.1, 0.15) is 52.9 Å². The molecule has 118 valence electrons. The second-order valence-corrected chi connectivity index (χ2v) is 8.95. The Morgan fingerprint density at radius 3 is 2.14 bits per heavy atom. The molecular formula is C14H21NO5S. The number of rotatable bonds is 3. The highest BCUT2D eigenvalue weighted by Crippen LogP contribution is 2.67. The van der Waals surface area contributed by atoms with E-state index in [1.54, 1.807) is 0 Å². The Labute approximate surface area is 124 Å². The molecule has 2 aliphatic carbocycles. The lowest BCUT2D eigenvalue weighted by Crippen LogP contribution is -2.44. The Morgan fingerprint density at radius 1 is 1.14 bits per heavy atom. The number of hydrogen-bond acceptors (Lipinski definition) is 5. The molecule has 2 saturated carbocycles. The van der Waals surface area contributed by atoms with E-state index in [9.17, 15) is 18.0 Å². The first-order valence-electron chi connectivity index (χ1n) is 7.39. The van der Waals surface area contributed by atoms with Crippen molar-refractivity contribution in [1.29, 1.82) is 0 Å². The fourth-order valence-corrected chi connectivity index (χ4v) is 6.37. The average Bonchev–Trinajstić information content (AvgIpc) is 2.88. The second-order valence-electron chi connectivity index (χ2n) is 7.25. The van der Waals surface area contributed by atoms with Gasteiger partial charge in [-0.05, 0) is 36.0 Å². The summed E-state index contributed by atoms with van der Waals surface area (Å²) >= 11 is 0. The van der Waals surface area contributed by atoms with Gasteiger partial charge in [0.1, 0.15) is 0 Å². The molecule has 0 N–H and O–H groups in total. The molecule has 2 bridgehead atoms. The number of hydroxylamine groups is 2. The molecular weight excluding hydrogens is 294 g/mol. The summed E-state index contributed by atoms with van der Waals surface area (Å²) in [6.45, 7) is 6.19. The third-order valence-corrected chi connectivity index (χ3v) is 8.01. The Balaban J connectivity index is 1.87. The van der Waals surface area contributed by atoms with E-state index < -0.39 is 27.2 Å². The minimum absolute atomic E-state index is 0.0183. The zero-order valence-corrected chi connectivity index (χ0v) is 13.4. The van der Waals surface area contributed by atoms with Crippen molar-refractivity contribution < 1.29 is 22.3 Å². The summed E-state index contributed by atoms with van der Waals surface area (Å²) in [4.78, 5) is 23.1. The van der Waals surface area contributed by atoms with Gasteiger partial charge in [0.25, 0.3) is 21.9 Å². The molecule has 3 rings (SSSR count). The van der Waals surface area contributed by atoms with Crippen LogP contribution in [0, 0.1) is 16.7 Å². The number of hydrogen-bond donors (Lipinski definition) is 0. The Morgan fingerprint density at radius 2 is 1.71 bits per heavy atom. The van der Waals surface area contributed by atoms with Crippen molar-refractivity contribution in [2.24, 2.45) is 16.7 Å². The molecule has 6 nitrogen and oxygen atoms in total. The van der Waals surface area contributed by atoms with Crippen molar-refractivity contribution in [2.75, 3.05) is 0 Å². The highest BCUT2D eigenvalue weighted by atomic mass is 32.2. The van der Waals surface area contributed by atoms with Gasteiger partial charge in [-0.25, -0.2) is 0 Å². The van der Waals surface area contributed by atoms with Crippen LogP contribution in [0.4, 0.5) is 0 Å². The monoisotopic (exact) mass is 315 g/mol. The van der Waals surface area contributed by atoms with Crippen LogP contribution in [0.3, 0.4) is 0 Å². The van der Waals surface area contributed by atoms with Gasteiger partial charge in [0.05, 0.1) is 5.25 Å². The highest BCUT2D eigenvalue weighted by Gasteiger charge is 2.65. The first-order valence-corrected chi connectivity index (χ1v) is 8.86. The van der Waals surface area contributed by atoms with E-state index in [4.69, 9.17) is 4.28 Å². The summed E-state index contributed by atoms with van der Waals surface area (Å²) in [5.74, 6) is -0.803.